The first-order valence-electron chi connectivity index (χ1n) is 23.3. The van der Waals surface area contributed by atoms with Crippen LogP contribution in [0.25, 0.3) is 72.3 Å². The van der Waals surface area contributed by atoms with Gasteiger partial charge in [-0.25, -0.2) is 9.97 Å². The molecule has 0 saturated heterocycles. The molecular weight excluding hydrogens is 839 g/mol. The summed E-state index contributed by atoms with van der Waals surface area (Å²) < 4.78 is 2.39. The maximum Gasteiger partial charge on any atom is 0.159 e. The SMILES string of the molecule is c1ccc(-c2ncc(-c3ccc(-n4c5ccc(-c6ccc(N(c7ccccc7)c7ccccc7)cc6)cc5c5cc(-c6ccc(N(c7ccccc7)c7ccccc7)cc6)ccc54)cc3)cn2)cc1. The van der Waals surface area contributed by atoms with Gasteiger partial charge >= 0.3 is 0 Å². The Hall–Kier alpha value is -9.32. The summed E-state index contributed by atoms with van der Waals surface area (Å²) in [6, 6.07) is 92.7. The third kappa shape index (κ3) is 8.09. The summed E-state index contributed by atoms with van der Waals surface area (Å²) in [5, 5.41) is 2.38. The average molecular weight is 884 g/mol. The molecule has 0 spiro atoms. The molecule has 2 heterocycles. The normalized spacial score (nSPS) is 11.2. The van der Waals surface area contributed by atoms with Crippen LogP contribution in [0.2, 0.25) is 0 Å². The molecule has 0 aliphatic carbocycles. The van der Waals surface area contributed by atoms with Gasteiger partial charge < -0.3 is 14.4 Å². The molecule has 5 nitrogen and oxygen atoms in total. The van der Waals surface area contributed by atoms with Crippen molar-refractivity contribution in [3.05, 3.63) is 273 Å². The van der Waals surface area contributed by atoms with Crippen molar-refractivity contribution in [1.82, 2.24) is 14.5 Å². The van der Waals surface area contributed by atoms with Gasteiger partial charge in [-0.1, -0.05) is 152 Å². The summed E-state index contributed by atoms with van der Waals surface area (Å²) in [4.78, 5) is 14.0. The fraction of sp³-hybridized carbons (Fsp3) is 0. The first kappa shape index (κ1) is 41.1. The lowest BCUT2D eigenvalue weighted by atomic mass is 9.99. The summed E-state index contributed by atoms with van der Waals surface area (Å²) in [6.07, 6.45) is 3.82. The molecule has 0 aliphatic rings. The molecule has 0 fully saturated rings. The van der Waals surface area contributed by atoms with E-state index >= 15 is 0 Å². The molecule has 0 aliphatic heterocycles. The van der Waals surface area contributed by atoms with E-state index in [2.05, 4.69) is 245 Å². The van der Waals surface area contributed by atoms with Gasteiger partial charge in [0.1, 0.15) is 0 Å². The summed E-state index contributed by atoms with van der Waals surface area (Å²) in [5.74, 6) is 0.717. The smallest absolute Gasteiger partial charge is 0.159 e. The summed E-state index contributed by atoms with van der Waals surface area (Å²) in [6.45, 7) is 0. The fourth-order valence-corrected chi connectivity index (χ4v) is 9.49. The molecule has 0 unspecified atom stereocenters. The lowest BCUT2D eigenvalue weighted by molar-refractivity contribution is 1.17. The highest BCUT2D eigenvalue weighted by atomic mass is 15.1. The zero-order valence-electron chi connectivity index (χ0n) is 37.7. The van der Waals surface area contributed by atoms with Crippen LogP contribution in [-0.2, 0) is 0 Å². The Bertz CT molecular complexity index is 3390. The van der Waals surface area contributed by atoms with Crippen LogP contribution in [0.3, 0.4) is 0 Å². The lowest BCUT2D eigenvalue weighted by Crippen LogP contribution is -2.09. The van der Waals surface area contributed by atoms with Gasteiger partial charge in [-0.2, -0.15) is 0 Å². The molecule has 326 valence electrons. The number of rotatable bonds is 11. The van der Waals surface area contributed by atoms with E-state index in [9.17, 15) is 0 Å². The molecule has 69 heavy (non-hydrogen) atoms. The minimum Gasteiger partial charge on any atom is -0.311 e. The van der Waals surface area contributed by atoms with Crippen LogP contribution in [0.4, 0.5) is 34.1 Å². The Kier molecular flexibility index (Phi) is 10.8. The summed E-state index contributed by atoms with van der Waals surface area (Å²) >= 11 is 0. The molecule has 0 N–H and O–H groups in total. The van der Waals surface area contributed by atoms with E-state index in [1.807, 2.05) is 42.7 Å². The van der Waals surface area contributed by atoms with E-state index < -0.39 is 0 Å². The van der Waals surface area contributed by atoms with Crippen molar-refractivity contribution in [3.63, 3.8) is 0 Å². The maximum absolute atomic E-state index is 4.71. The van der Waals surface area contributed by atoms with E-state index in [1.54, 1.807) is 0 Å². The molecule has 0 atom stereocenters. The second-order valence-electron chi connectivity index (χ2n) is 17.1. The van der Waals surface area contributed by atoms with E-state index in [0.717, 1.165) is 95.6 Å². The third-order valence-electron chi connectivity index (χ3n) is 12.9. The molecule has 0 amide bonds. The first-order chi connectivity index (χ1) is 34.2. The number of benzene rings is 10. The van der Waals surface area contributed by atoms with Gasteiger partial charge in [-0.15, -0.1) is 0 Å². The van der Waals surface area contributed by atoms with Crippen LogP contribution in [0.5, 0.6) is 0 Å². The molecule has 12 rings (SSSR count). The van der Waals surface area contributed by atoms with Crippen LogP contribution in [0.15, 0.2) is 273 Å². The van der Waals surface area contributed by atoms with Gasteiger partial charge in [0.05, 0.1) is 11.0 Å². The van der Waals surface area contributed by atoms with E-state index in [-0.39, 0.29) is 0 Å². The quantitative estimate of drug-likeness (QED) is 0.130. The van der Waals surface area contributed by atoms with Crippen LogP contribution in [-0.4, -0.2) is 14.5 Å². The Balaban J connectivity index is 0.936. The van der Waals surface area contributed by atoms with Crippen molar-refractivity contribution in [1.29, 1.82) is 0 Å². The Morgan fingerprint density at radius 2 is 0.580 bits per heavy atom. The second-order valence-corrected chi connectivity index (χ2v) is 17.1. The minimum atomic E-state index is 0.717. The van der Waals surface area contributed by atoms with Gasteiger partial charge in [0.25, 0.3) is 0 Å². The van der Waals surface area contributed by atoms with Gasteiger partial charge in [-0.05, 0) is 137 Å². The second kappa shape index (κ2) is 18.2. The van der Waals surface area contributed by atoms with Crippen LogP contribution in [0.1, 0.15) is 0 Å². The van der Waals surface area contributed by atoms with Gasteiger partial charge in [0.2, 0.25) is 0 Å². The fourth-order valence-electron chi connectivity index (χ4n) is 9.49. The Labute approximate surface area is 402 Å². The molecule has 5 heteroatoms. The van der Waals surface area contributed by atoms with E-state index in [1.165, 1.54) is 10.8 Å². The van der Waals surface area contributed by atoms with Crippen molar-refractivity contribution in [2.45, 2.75) is 0 Å². The molecular formula is C64H45N5. The van der Waals surface area contributed by atoms with E-state index in [0.29, 0.717) is 0 Å². The minimum absolute atomic E-state index is 0.717. The highest BCUT2D eigenvalue weighted by Crippen LogP contribution is 2.41. The predicted octanol–water partition coefficient (Wildman–Crippen LogP) is 17.2. The molecule has 10 aromatic carbocycles. The molecule has 0 saturated carbocycles. The predicted molar refractivity (Wildman–Crippen MR) is 287 cm³/mol. The highest BCUT2D eigenvalue weighted by Gasteiger charge is 2.18. The standard InChI is InChI=1S/C64H45N5/c1-6-16-49(17-7-1)64-65-44-52(45-66-64)48-30-38-59(39-31-48)69-62-40-32-50(46-26-34-57(35-27-46)67(53-18-8-2-9-19-53)54-20-10-3-11-21-54)42-60(62)61-43-51(33-41-63(61)69)47-28-36-58(37-29-47)68(55-22-12-4-13-23-55)56-24-14-5-15-25-56/h1-45H. The van der Waals surface area contributed by atoms with Crippen molar-refractivity contribution in [3.8, 4) is 50.5 Å². The Morgan fingerprint density at radius 1 is 0.261 bits per heavy atom. The van der Waals surface area contributed by atoms with Crippen molar-refractivity contribution >= 4 is 55.9 Å². The monoisotopic (exact) mass is 883 g/mol. The molecule has 0 radical (unpaired) electrons. The number of aromatic nitrogens is 3. The summed E-state index contributed by atoms with van der Waals surface area (Å²) in [7, 11) is 0. The zero-order valence-corrected chi connectivity index (χ0v) is 37.7. The molecule has 12 aromatic rings. The van der Waals surface area contributed by atoms with Gasteiger partial charge in [0.15, 0.2) is 5.82 Å². The lowest BCUT2D eigenvalue weighted by Gasteiger charge is -2.25. The number of nitrogens with zero attached hydrogens (tertiary/aromatic N) is 5. The van der Waals surface area contributed by atoms with Gasteiger partial charge in [0, 0.05) is 74.1 Å². The first-order valence-corrected chi connectivity index (χ1v) is 23.3. The van der Waals surface area contributed by atoms with Gasteiger partial charge in [-0.3, -0.25) is 0 Å². The maximum atomic E-state index is 4.71. The zero-order chi connectivity index (χ0) is 45.9. The highest BCUT2D eigenvalue weighted by molar-refractivity contribution is 6.11. The number of para-hydroxylation sites is 4. The number of fused-ring (bicyclic) bond motifs is 3. The van der Waals surface area contributed by atoms with Crippen LogP contribution >= 0.6 is 0 Å². The van der Waals surface area contributed by atoms with Crippen molar-refractivity contribution in [2.24, 2.45) is 0 Å². The average Bonchev–Trinajstić information content (AvgIpc) is 3.76. The Morgan fingerprint density at radius 3 is 0.971 bits per heavy atom. The number of hydrogen-bond donors (Lipinski definition) is 0. The third-order valence-corrected chi connectivity index (χ3v) is 12.9. The molecule has 0 bridgehead atoms. The van der Waals surface area contributed by atoms with Crippen LogP contribution in [0, 0.1) is 0 Å². The van der Waals surface area contributed by atoms with E-state index in [4.69, 9.17) is 9.97 Å². The number of hydrogen-bond acceptors (Lipinski definition) is 4. The van der Waals surface area contributed by atoms with Crippen molar-refractivity contribution < 1.29 is 0 Å². The topological polar surface area (TPSA) is 37.2 Å². The summed E-state index contributed by atoms with van der Waals surface area (Å²) in [5.41, 5.74) is 17.7. The number of anilines is 6. The molecule has 2 aromatic heterocycles. The largest absolute Gasteiger partial charge is 0.311 e. The van der Waals surface area contributed by atoms with Crippen LogP contribution < -0.4 is 9.80 Å². The van der Waals surface area contributed by atoms with Crippen molar-refractivity contribution in [2.75, 3.05) is 9.80 Å².